The number of hydrogen-bond acceptors (Lipinski definition) is 6. The molecule has 5 nitrogen and oxygen atoms in total. The van der Waals surface area contributed by atoms with E-state index in [-0.39, 0.29) is 0 Å². The van der Waals surface area contributed by atoms with Crippen LogP contribution < -0.4 is 15.4 Å². The molecule has 0 saturated heterocycles. The van der Waals surface area contributed by atoms with Crippen molar-refractivity contribution < 1.29 is 4.74 Å². The second kappa shape index (κ2) is 7.02. The predicted octanol–water partition coefficient (Wildman–Crippen LogP) is 3.00. The van der Waals surface area contributed by atoms with E-state index in [1.54, 1.807) is 13.4 Å². The average Bonchev–Trinajstić information content (AvgIpc) is 2.95. The molecule has 0 amide bonds. The van der Waals surface area contributed by atoms with Crippen molar-refractivity contribution in [3.8, 4) is 5.75 Å². The van der Waals surface area contributed by atoms with Crippen molar-refractivity contribution in [3.63, 3.8) is 0 Å². The van der Waals surface area contributed by atoms with E-state index in [0.717, 1.165) is 24.7 Å². The summed E-state index contributed by atoms with van der Waals surface area (Å²) in [4.78, 5) is 8.55. The summed E-state index contributed by atoms with van der Waals surface area (Å²) >= 11 is 1.96. The summed E-state index contributed by atoms with van der Waals surface area (Å²) in [5, 5.41) is 6.66. The topological polar surface area (TPSA) is 59.1 Å². The lowest BCUT2D eigenvalue weighted by Gasteiger charge is -2.27. The van der Waals surface area contributed by atoms with Crippen LogP contribution in [0.5, 0.6) is 5.75 Å². The lowest BCUT2D eigenvalue weighted by atomic mass is 10.1. The van der Waals surface area contributed by atoms with Gasteiger partial charge in [-0.05, 0) is 26.0 Å². The third-order valence-corrected chi connectivity index (χ3v) is 5.30. The van der Waals surface area contributed by atoms with Crippen molar-refractivity contribution in [2.75, 3.05) is 37.1 Å². The fraction of sp³-hybridized carbons (Fsp3) is 0.714. The molecule has 1 aromatic rings. The second-order valence-electron chi connectivity index (χ2n) is 5.08. The Balaban J connectivity index is 2.10. The zero-order valence-electron chi connectivity index (χ0n) is 12.5. The standard InChI is InChI=1S/C14H24N4OS/c1-4-15-12-11(19-2)13(18-10-17-12)16-9-14(20-3)7-5-6-8-14/h10H,4-9H2,1-3H3,(H2,15,16,17,18). The summed E-state index contributed by atoms with van der Waals surface area (Å²) in [5.41, 5.74) is 0. The molecule has 6 heteroatoms. The molecule has 0 atom stereocenters. The SMILES string of the molecule is CCNc1ncnc(NCC2(SC)CCCC2)c1OC. The number of hydrogen-bond donors (Lipinski definition) is 2. The maximum Gasteiger partial charge on any atom is 0.204 e. The van der Waals surface area contributed by atoms with Gasteiger partial charge in [-0.25, -0.2) is 9.97 Å². The molecule has 1 fully saturated rings. The van der Waals surface area contributed by atoms with Crippen molar-refractivity contribution >= 4 is 23.4 Å². The van der Waals surface area contributed by atoms with Crippen LogP contribution in [0, 0.1) is 0 Å². The zero-order valence-corrected chi connectivity index (χ0v) is 13.3. The molecule has 0 bridgehead atoms. The Hall–Kier alpha value is -1.17. The van der Waals surface area contributed by atoms with Crippen molar-refractivity contribution in [3.05, 3.63) is 6.33 Å². The van der Waals surface area contributed by atoms with E-state index < -0.39 is 0 Å². The highest BCUT2D eigenvalue weighted by molar-refractivity contribution is 8.00. The first-order chi connectivity index (χ1) is 9.74. The van der Waals surface area contributed by atoms with Gasteiger partial charge in [0.25, 0.3) is 0 Å². The van der Waals surface area contributed by atoms with Crippen LogP contribution >= 0.6 is 11.8 Å². The van der Waals surface area contributed by atoms with Crippen LogP contribution in [0.25, 0.3) is 0 Å². The van der Waals surface area contributed by atoms with Gasteiger partial charge >= 0.3 is 0 Å². The maximum absolute atomic E-state index is 5.45. The molecule has 0 spiro atoms. The molecule has 2 N–H and O–H groups in total. The minimum atomic E-state index is 0.342. The fourth-order valence-electron chi connectivity index (χ4n) is 2.70. The Morgan fingerprint density at radius 1 is 1.25 bits per heavy atom. The monoisotopic (exact) mass is 296 g/mol. The zero-order chi connectivity index (χ0) is 14.4. The van der Waals surface area contributed by atoms with Crippen LogP contribution in [0.3, 0.4) is 0 Å². The van der Waals surface area contributed by atoms with Crippen LogP contribution in [-0.4, -0.2) is 41.2 Å². The third kappa shape index (κ3) is 3.29. The van der Waals surface area contributed by atoms with E-state index in [9.17, 15) is 0 Å². The Labute approximate surface area is 125 Å². The van der Waals surface area contributed by atoms with Crippen LogP contribution in [0.2, 0.25) is 0 Å². The summed E-state index contributed by atoms with van der Waals surface area (Å²) in [7, 11) is 1.66. The molecular weight excluding hydrogens is 272 g/mol. The molecule has 0 unspecified atom stereocenters. The van der Waals surface area contributed by atoms with E-state index in [1.165, 1.54) is 25.7 Å². The fourth-order valence-corrected chi connectivity index (χ4v) is 3.62. The normalized spacial score (nSPS) is 16.9. The number of anilines is 2. The van der Waals surface area contributed by atoms with Gasteiger partial charge in [0.05, 0.1) is 7.11 Å². The minimum Gasteiger partial charge on any atom is -0.490 e. The van der Waals surface area contributed by atoms with Gasteiger partial charge < -0.3 is 15.4 Å². The summed E-state index contributed by atoms with van der Waals surface area (Å²) in [6.07, 6.45) is 8.97. The summed E-state index contributed by atoms with van der Waals surface area (Å²) < 4.78 is 5.80. The lowest BCUT2D eigenvalue weighted by molar-refractivity contribution is 0.414. The van der Waals surface area contributed by atoms with Crippen molar-refractivity contribution in [1.29, 1.82) is 0 Å². The number of ether oxygens (including phenoxy) is 1. The first-order valence-electron chi connectivity index (χ1n) is 7.16. The number of rotatable bonds is 7. The van der Waals surface area contributed by atoms with E-state index in [1.807, 2.05) is 18.7 Å². The lowest BCUT2D eigenvalue weighted by Crippen LogP contribution is -2.30. The quantitative estimate of drug-likeness (QED) is 0.806. The van der Waals surface area contributed by atoms with Gasteiger partial charge in [-0.2, -0.15) is 11.8 Å². The Kier molecular flexibility index (Phi) is 5.34. The molecule has 0 radical (unpaired) electrons. The van der Waals surface area contributed by atoms with Gasteiger partial charge in [0, 0.05) is 17.8 Å². The van der Waals surface area contributed by atoms with Gasteiger partial charge in [-0.3, -0.25) is 0 Å². The molecular formula is C14H24N4OS. The van der Waals surface area contributed by atoms with Gasteiger partial charge in [0.2, 0.25) is 5.75 Å². The Morgan fingerprint density at radius 2 is 1.90 bits per heavy atom. The summed E-state index contributed by atoms with van der Waals surface area (Å²) in [6, 6.07) is 0. The largest absolute Gasteiger partial charge is 0.490 e. The first-order valence-corrected chi connectivity index (χ1v) is 8.39. The minimum absolute atomic E-state index is 0.342. The predicted molar refractivity (Wildman–Crippen MR) is 86.0 cm³/mol. The highest BCUT2D eigenvalue weighted by Crippen LogP contribution is 2.40. The highest BCUT2D eigenvalue weighted by atomic mass is 32.2. The molecule has 1 aromatic heterocycles. The van der Waals surface area contributed by atoms with Crippen molar-refractivity contribution in [2.24, 2.45) is 0 Å². The maximum atomic E-state index is 5.45. The molecule has 1 aliphatic carbocycles. The van der Waals surface area contributed by atoms with Crippen LogP contribution in [0.4, 0.5) is 11.6 Å². The number of methoxy groups -OCH3 is 1. The van der Waals surface area contributed by atoms with Gasteiger partial charge in [0.1, 0.15) is 6.33 Å². The van der Waals surface area contributed by atoms with Crippen LogP contribution in [-0.2, 0) is 0 Å². The number of thioether (sulfide) groups is 1. The van der Waals surface area contributed by atoms with E-state index in [4.69, 9.17) is 4.74 Å². The van der Waals surface area contributed by atoms with Gasteiger partial charge in [0.15, 0.2) is 11.6 Å². The smallest absolute Gasteiger partial charge is 0.204 e. The number of nitrogens with one attached hydrogen (secondary N) is 2. The first kappa shape index (κ1) is 15.2. The highest BCUT2D eigenvalue weighted by Gasteiger charge is 2.33. The molecule has 2 rings (SSSR count). The van der Waals surface area contributed by atoms with E-state index >= 15 is 0 Å². The molecule has 0 aliphatic heterocycles. The Morgan fingerprint density at radius 3 is 2.45 bits per heavy atom. The summed E-state index contributed by atoms with van der Waals surface area (Å²) in [5.74, 6) is 2.22. The molecule has 0 aromatic carbocycles. The second-order valence-corrected chi connectivity index (χ2v) is 6.36. The molecule has 20 heavy (non-hydrogen) atoms. The van der Waals surface area contributed by atoms with Crippen LogP contribution in [0.15, 0.2) is 6.33 Å². The van der Waals surface area contributed by atoms with Gasteiger partial charge in [-0.15, -0.1) is 0 Å². The van der Waals surface area contributed by atoms with Gasteiger partial charge in [-0.1, -0.05) is 12.8 Å². The average molecular weight is 296 g/mol. The van der Waals surface area contributed by atoms with E-state index in [2.05, 4.69) is 26.9 Å². The van der Waals surface area contributed by atoms with Crippen molar-refractivity contribution in [1.82, 2.24) is 9.97 Å². The Bertz CT molecular complexity index is 435. The molecule has 1 heterocycles. The summed E-state index contributed by atoms with van der Waals surface area (Å²) in [6.45, 7) is 3.77. The molecule has 1 saturated carbocycles. The molecule has 112 valence electrons. The molecule has 1 aliphatic rings. The van der Waals surface area contributed by atoms with Crippen LogP contribution in [0.1, 0.15) is 32.6 Å². The van der Waals surface area contributed by atoms with Crippen molar-refractivity contribution in [2.45, 2.75) is 37.4 Å². The third-order valence-electron chi connectivity index (χ3n) is 3.88. The number of aromatic nitrogens is 2. The van der Waals surface area contributed by atoms with E-state index in [0.29, 0.717) is 10.5 Å². The number of nitrogens with zero attached hydrogens (tertiary/aromatic N) is 2.